The van der Waals surface area contributed by atoms with Crippen LogP contribution in [0.5, 0.6) is 0 Å². The van der Waals surface area contributed by atoms with Gasteiger partial charge in [-0.1, -0.05) is 6.08 Å². The lowest BCUT2D eigenvalue weighted by Gasteiger charge is -2.16. The van der Waals surface area contributed by atoms with Crippen LogP contribution in [0.25, 0.3) is 0 Å². The van der Waals surface area contributed by atoms with Crippen molar-refractivity contribution in [3.05, 3.63) is 12.7 Å². The lowest BCUT2D eigenvalue weighted by Crippen LogP contribution is -2.23. The maximum Gasteiger partial charge on any atom is 0.312 e. The van der Waals surface area contributed by atoms with Gasteiger partial charge in [0.05, 0.1) is 13.0 Å². The Hall–Kier alpha value is -0.830. The number of hydrogen-bond acceptors (Lipinski definition) is 3. The minimum Gasteiger partial charge on any atom is -0.469 e. The van der Waals surface area contributed by atoms with Crippen molar-refractivity contribution in [2.45, 2.75) is 25.3 Å². The molecule has 3 unspecified atom stereocenters. The smallest absolute Gasteiger partial charge is 0.312 e. The Kier molecular flexibility index (Phi) is 3.48. The van der Waals surface area contributed by atoms with E-state index in [1.54, 1.807) is 6.08 Å². The van der Waals surface area contributed by atoms with Crippen LogP contribution in [0, 0.1) is 11.8 Å². The summed E-state index contributed by atoms with van der Waals surface area (Å²) in [4.78, 5) is 11.3. The highest BCUT2D eigenvalue weighted by Gasteiger charge is 2.32. The highest BCUT2D eigenvalue weighted by atomic mass is 16.5. The van der Waals surface area contributed by atoms with Gasteiger partial charge in [0.15, 0.2) is 0 Å². The topological polar surface area (TPSA) is 52.3 Å². The maximum atomic E-state index is 11.3. The molecular weight excluding hydrogens is 166 g/mol. The Morgan fingerprint density at radius 3 is 2.77 bits per heavy atom. The number of ether oxygens (including phenoxy) is 1. The molecule has 1 aliphatic rings. The second-order valence-electron chi connectivity index (χ2n) is 3.62. The summed E-state index contributed by atoms with van der Waals surface area (Å²) in [5.41, 5.74) is 5.77. The fourth-order valence-electron chi connectivity index (χ4n) is 2.00. The van der Waals surface area contributed by atoms with Gasteiger partial charge in [0, 0.05) is 6.04 Å². The Morgan fingerprint density at radius 2 is 2.38 bits per heavy atom. The van der Waals surface area contributed by atoms with E-state index < -0.39 is 0 Å². The van der Waals surface area contributed by atoms with Crippen LogP contribution in [-0.2, 0) is 9.53 Å². The van der Waals surface area contributed by atoms with Crippen molar-refractivity contribution in [1.29, 1.82) is 0 Å². The molecule has 3 nitrogen and oxygen atoms in total. The van der Waals surface area contributed by atoms with Gasteiger partial charge in [0.2, 0.25) is 0 Å². The molecule has 3 heteroatoms. The third-order valence-electron chi connectivity index (χ3n) is 2.75. The summed E-state index contributed by atoms with van der Waals surface area (Å²) >= 11 is 0. The molecule has 0 radical (unpaired) electrons. The van der Waals surface area contributed by atoms with Crippen LogP contribution in [0.2, 0.25) is 0 Å². The summed E-state index contributed by atoms with van der Waals surface area (Å²) in [6, 6.07) is 0.247. The first kappa shape index (κ1) is 10.3. The molecule has 74 valence electrons. The van der Waals surface area contributed by atoms with Crippen molar-refractivity contribution < 1.29 is 9.53 Å². The Morgan fingerprint density at radius 1 is 1.69 bits per heavy atom. The predicted octanol–water partition coefficient (Wildman–Crippen LogP) is 1.09. The molecule has 3 atom stereocenters. The van der Waals surface area contributed by atoms with Crippen LogP contribution in [0.3, 0.4) is 0 Å². The summed E-state index contributed by atoms with van der Waals surface area (Å²) in [6.07, 6.45) is 4.60. The summed E-state index contributed by atoms with van der Waals surface area (Å²) in [5.74, 6) is -0.0207. The zero-order valence-corrected chi connectivity index (χ0v) is 8.03. The molecule has 2 N–H and O–H groups in total. The molecule has 1 rings (SSSR count). The summed E-state index contributed by atoms with van der Waals surface area (Å²) < 4.78 is 4.70. The van der Waals surface area contributed by atoms with Crippen molar-refractivity contribution in [3.63, 3.8) is 0 Å². The van der Waals surface area contributed by atoms with Crippen LogP contribution < -0.4 is 5.73 Å². The molecule has 0 aromatic rings. The van der Waals surface area contributed by atoms with E-state index in [2.05, 4.69) is 6.58 Å². The second kappa shape index (κ2) is 4.42. The van der Waals surface area contributed by atoms with E-state index >= 15 is 0 Å². The predicted molar refractivity (Wildman–Crippen MR) is 51.0 cm³/mol. The highest BCUT2D eigenvalue weighted by molar-refractivity contribution is 5.74. The number of carbonyl (C=O) groups is 1. The normalized spacial score (nSPS) is 29.7. The van der Waals surface area contributed by atoms with Gasteiger partial charge in [-0.2, -0.15) is 0 Å². The molecule has 1 saturated carbocycles. The van der Waals surface area contributed by atoms with Gasteiger partial charge in [0.1, 0.15) is 0 Å². The van der Waals surface area contributed by atoms with E-state index in [1.807, 2.05) is 0 Å². The molecule has 0 aromatic heterocycles. The van der Waals surface area contributed by atoms with E-state index in [1.165, 1.54) is 7.11 Å². The first-order chi connectivity index (χ1) is 6.19. The summed E-state index contributed by atoms with van der Waals surface area (Å²) in [7, 11) is 1.41. The maximum absolute atomic E-state index is 11.3. The zero-order valence-electron chi connectivity index (χ0n) is 8.03. The number of esters is 1. The molecule has 0 amide bonds. The van der Waals surface area contributed by atoms with Gasteiger partial charge in [-0.25, -0.2) is 0 Å². The van der Waals surface area contributed by atoms with Crippen molar-refractivity contribution in [2.75, 3.05) is 7.11 Å². The van der Waals surface area contributed by atoms with Crippen molar-refractivity contribution in [1.82, 2.24) is 0 Å². The van der Waals surface area contributed by atoms with Gasteiger partial charge in [0.25, 0.3) is 0 Å². The van der Waals surface area contributed by atoms with Crippen LogP contribution >= 0.6 is 0 Å². The quantitative estimate of drug-likeness (QED) is 0.526. The molecule has 0 spiro atoms. The molecule has 1 aliphatic carbocycles. The summed E-state index contributed by atoms with van der Waals surface area (Å²) in [6.45, 7) is 3.66. The molecule has 0 aliphatic heterocycles. The third-order valence-corrected chi connectivity index (χ3v) is 2.75. The van der Waals surface area contributed by atoms with E-state index in [0.717, 1.165) is 19.3 Å². The van der Waals surface area contributed by atoms with Crippen molar-refractivity contribution in [2.24, 2.45) is 17.6 Å². The van der Waals surface area contributed by atoms with Gasteiger partial charge < -0.3 is 10.5 Å². The minimum absolute atomic E-state index is 0.168. The number of hydrogen-bond donors (Lipinski definition) is 1. The van der Waals surface area contributed by atoms with Crippen molar-refractivity contribution >= 4 is 5.97 Å². The molecule has 0 bridgehead atoms. The average molecular weight is 183 g/mol. The van der Waals surface area contributed by atoms with Gasteiger partial charge in [-0.15, -0.1) is 6.58 Å². The monoisotopic (exact) mass is 183 g/mol. The Bertz CT molecular complexity index is 203. The second-order valence-corrected chi connectivity index (χ2v) is 3.62. The highest BCUT2D eigenvalue weighted by Crippen LogP contribution is 2.31. The third kappa shape index (κ3) is 2.31. The Labute approximate surface area is 78.9 Å². The first-order valence-electron chi connectivity index (χ1n) is 4.65. The van der Waals surface area contributed by atoms with Crippen LogP contribution in [0.1, 0.15) is 19.3 Å². The SMILES string of the molecule is C=CC(C(=O)OC)C1CCC(N)C1. The molecule has 0 saturated heterocycles. The lowest BCUT2D eigenvalue weighted by atomic mass is 9.91. The van der Waals surface area contributed by atoms with E-state index in [0.29, 0.717) is 5.92 Å². The largest absolute Gasteiger partial charge is 0.469 e. The minimum atomic E-state index is -0.186. The first-order valence-corrected chi connectivity index (χ1v) is 4.65. The van der Waals surface area contributed by atoms with E-state index in [4.69, 9.17) is 10.5 Å². The molecule has 0 aromatic carbocycles. The zero-order chi connectivity index (χ0) is 9.84. The van der Waals surface area contributed by atoms with Gasteiger partial charge in [-0.3, -0.25) is 4.79 Å². The van der Waals surface area contributed by atoms with Crippen LogP contribution in [0.15, 0.2) is 12.7 Å². The number of carbonyl (C=O) groups excluding carboxylic acids is 1. The van der Waals surface area contributed by atoms with E-state index in [9.17, 15) is 4.79 Å². The van der Waals surface area contributed by atoms with E-state index in [-0.39, 0.29) is 17.9 Å². The average Bonchev–Trinajstić information content (AvgIpc) is 2.53. The number of methoxy groups -OCH3 is 1. The fraction of sp³-hybridized carbons (Fsp3) is 0.700. The Balaban J connectivity index is 2.56. The van der Waals surface area contributed by atoms with Gasteiger partial charge >= 0.3 is 5.97 Å². The summed E-state index contributed by atoms with van der Waals surface area (Å²) in [5, 5.41) is 0. The number of nitrogens with two attached hydrogens (primary N) is 1. The molecule has 13 heavy (non-hydrogen) atoms. The number of rotatable bonds is 3. The molecular formula is C10H17NO2. The molecule has 1 fully saturated rings. The fourth-order valence-corrected chi connectivity index (χ4v) is 2.00. The van der Waals surface area contributed by atoms with Crippen LogP contribution in [-0.4, -0.2) is 19.1 Å². The van der Waals surface area contributed by atoms with Crippen molar-refractivity contribution in [3.8, 4) is 0 Å². The molecule has 0 heterocycles. The lowest BCUT2D eigenvalue weighted by molar-refractivity contribution is -0.145. The standard InChI is InChI=1S/C10H17NO2/c1-3-9(10(12)13-2)7-4-5-8(11)6-7/h3,7-9H,1,4-6,11H2,2H3. The van der Waals surface area contributed by atoms with Gasteiger partial charge in [-0.05, 0) is 25.2 Å². The van der Waals surface area contributed by atoms with Crippen LogP contribution in [0.4, 0.5) is 0 Å².